The van der Waals surface area contributed by atoms with Gasteiger partial charge in [-0.1, -0.05) is 45.0 Å². The predicted molar refractivity (Wildman–Crippen MR) is 75.4 cm³/mol. The molecule has 0 aliphatic carbocycles. The lowest BCUT2D eigenvalue weighted by Gasteiger charge is -2.18. The Morgan fingerprint density at radius 2 is 1.61 bits per heavy atom. The molecule has 18 heavy (non-hydrogen) atoms. The Hall–Kier alpha value is -1.54. The molecule has 1 heterocycles. The Kier molecular flexibility index (Phi) is 3.31. The summed E-state index contributed by atoms with van der Waals surface area (Å²) in [6, 6.07) is 12.4. The molecule has 2 heteroatoms. The average molecular weight is 243 g/mol. The van der Waals surface area contributed by atoms with E-state index in [1.54, 1.807) is 0 Å². The number of hydrogen-bond acceptors (Lipinski definition) is 2. The molecule has 1 aromatic carbocycles. The molecule has 2 N–H and O–H groups in total. The average Bonchev–Trinajstić information content (AvgIpc) is 2.77. The predicted octanol–water partition coefficient (Wildman–Crippen LogP) is 4.26. The van der Waals surface area contributed by atoms with Crippen LogP contribution >= 0.6 is 0 Å². The molecule has 0 aliphatic heterocycles. The van der Waals surface area contributed by atoms with Crippen molar-refractivity contribution in [2.45, 2.75) is 39.2 Å². The van der Waals surface area contributed by atoms with Crippen molar-refractivity contribution < 1.29 is 4.42 Å². The van der Waals surface area contributed by atoms with Gasteiger partial charge in [-0.15, -0.1) is 0 Å². The largest absolute Gasteiger partial charge is 0.459 e. The van der Waals surface area contributed by atoms with Crippen LogP contribution in [0.3, 0.4) is 0 Å². The monoisotopic (exact) mass is 243 g/mol. The maximum atomic E-state index is 5.79. The molecular formula is C16H21NO. The molecule has 0 radical (unpaired) electrons. The Bertz CT molecular complexity index is 515. The summed E-state index contributed by atoms with van der Waals surface area (Å²) >= 11 is 0. The van der Waals surface area contributed by atoms with Crippen LogP contribution in [0.25, 0.3) is 11.3 Å². The van der Waals surface area contributed by atoms with Gasteiger partial charge >= 0.3 is 0 Å². The number of rotatable bonds is 2. The van der Waals surface area contributed by atoms with Gasteiger partial charge in [0.2, 0.25) is 0 Å². The van der Waals surface area contributed by atoms with Crippen molar-refractivity contribution in [3.05, 3.63) is 47.7 Å². The van der Waals surface area contributed by atoms with E-state index < -0.39 is 0 Å². The fourth-order valence-electron chi connectivity index (χ4n) is 1.89. The highest BCUT2D eigenvalue weighted by Gasteiger charge is 2.14. The summed E-state index contributed by atoms with van der Waals surface area (Å²) in [7, 11) is 0. The third-order valence-electron chi connectivity index (χ3n) is 3.11. The van der Waals surface area contributed by atoms with E-state index in [1.165, 1.54) is 5.56 Å². The normalized spacial score (nSPS) is 13.6. The molecule has 0 fully saturated rings. The maximum Gasteiger partial charge on any atom is 0.134 e. The number of benzene rings is 1. The minimum Gasteiger partial charge on any atom is -0.459 e. The lowest BCUT2D eigenvalue weighted by molar-refractivity contribution is 0.491. The molecule has 96 valence electrons. The topological polar surface area (TPSA) is 39.2 Å². The molecule has 1 atom stereocenters. The molecule has 2 aromatic rings. The highest BCUT2D eigenvalue weighted by Crippen LogP contribution is 2.28. The molecule has 0 aliphatic rings. The van der Waals surface area contributed by atoms with Gasteiger partial charge in [0.25, 0.3) is 0 Å². The molecule has 0 saturated carbocycles. The second kappa shape index (κ2) is 4.62. The van der Waals surface area contributed by atoms with Gasteiger partial charge in [-0.2, -0.15) is 0 Å². The van der Waals surface area contributed by atoms with Gasteiger partial charge in [0.15, 0.2) is 0 Å². The quantitative estimate of drug-likeness (QED) is 0.855. The van der Waals surface area contributed by atoms with Crippen LogP contribution in [0.5, 0.6) is 0 Å². The molecule has 0 amide bonds. The molecular weight excluding hydrogens is 222 g/mol. The molecule has 0 saturated heterocycles. The molecule has 1 unspecified atom stereocenters. The molecule has 2 nitrogen and oxygen atoms in total. The first-order valence-electron chi connectivity index (χ1n) is 6.34. The summed E-state index contributed by atoms with van der Waals surface area (Å²) in [6.07, 6.45) is 0. The zero-order valence-electron chi connectivity index (χ0n) is 11.5. The standard InChI is InChI=1S/C16H21NO/c1-11(17)14-9-10-15(18-14)12-5-7-13(8-6-12)16(2,3)4/h5-11H,17H2,1-4H3. The molecule has 0 spiro atoms. The first kappa shape index (κ1) is 12.9. The van der Waals surface area contributed by atoms with Gasteiger partial charge < -0.3 is 10.2 Å². The third kappa shape index (κ3) is 2.65. The van der Waals surface area contributed by atoms with Crippen LogP contribution in [0.4, 0.5) is 0 Å². The van der Waals surface area contributed by atoms with Crippen LogP contribution in [0.15, 0.2) is 40.8 Å². The van der Waals surface area contributed by atoms with Gasteiger partial charge in [-0.3, -0.25) is 0 Å². The highest BCUT2D eigenvalue weighted by atomic mass is 16.3. The van der Waals surface area contributed by atoms with E-state index in [9.17, 15) is 0 Å². The fraction of sp³-hybridized carbons (Fsp3) is 0.375. The third-order valence-corrected chi connectivity index (χ3v) is 3.11. The maximum absolute atomic E-state index is 5.79. The van der Waals surface area contributed by atoms with Gasteiger partial charge in [0, 0.05) is 5.56 Å². The van der Waals surface area contributed by atoms with E-state index in [4.69, 9.17) is 10.2 Å². The zero-order chi connectivity index (χ0) is 13.3. The van der Waals surface area contributed by atoms with E-state index in [0.29, 0.717) is 0 Å². The van der Waals surface area contributed by atoms with Gasteiger partial charge in [-0.05, 0) is 30.0 Å². The van der Waals surface area contributed by atoms with E-state index in [-0.39, 0.29) is 11.5 Å². The van der Waals surface area contributed by atoms with Crippen molar-refractivity contribution in [3.63, 3.8) is 0 Å². The zero-order valence-corrected chi connectivity index (χ0v) is 11.5. The van der Waals surface area contributed by atoms with Crippen LogP contribution in [-0.4, -0.2) is 0 Å². The lowest BCUT2D eigenvalue weighted by atomic mass is 9.86. The first-order valence-corrected chi connectivity index (χ1v) is 6.34. The van der Waals surface area contributed by atoms with Crippen LogP contribution in [0.2, 0.25) is 0 Å². The molecule has 1 aromatic heterocycles. The Morgan fingerprint density at radius 3 is 2.06 bits per heavy atom. The van der Waals surface area contributed by atoms with Crippen molar-refractivity contribution in [1.29, 1.82) is 0 Å². The van der Waals surface area contributed by atoms with E-state index in [0.717, 1.165) is 17.1 Å². The second-order valence-electron chi connectivity index (χ2n) is 5.82. The van der Waals surface area contributed by atoms with Crippen molar-refractivity contribution in [3.8, 4) is 11.3 Å². The van der Waals surface area contributed by atoms with Gasteiger partial charge in [-0.25, -0.2) is 0 Å². The minimum absolute atomic E-state index is 0.0624. The smallest absolute Gasteiger partial charge is 0.134 e. The molecule has 0 bridgehead atoms. The summed E-state index contributed by atoms with van der Waals surface area (Å²) in [4.78, 5) is 0. The van der Waals surface area contributed by atoms with Gasteiger partial charge in [0.05, 0.1) is 6.04 Å². The molecule has 2 rings (SSSR count). The van der Waals surface area contributed by atoms with Crippen molar-refractivity contribution >= 4 is 0 Å². The van der Waals surface area contributed by atoms with Crippen LogP contribution in [0.1, 0.15) is 45.1 Å². The Labute approximate surface area is 109 Å². The van der Waals surface area contributed by atoms with E-state index in [1.807, 2.05) is 19.1 Å². The summed E-state index contributed by atoms with van der Waals surface area (Å²) in [5, 5.41) is 0. The fourth-order valence-corrected chi connectivity index (χ4v) is 1.89. The summed E-state index contributed by atoms with van der Waals surface area (Å²) in [5.74, 6) is 1.70. The van der Waals surface area contributed by atoms with Crippen molar-refractivity contribution in [2.24, 2.45) is 5.73 Å². The van der Waals surface area contributed by atoms with Crippen LogP contribution in [0, 0.1) is 0 Å². The van der Waals surface area contributed by atoms with Crippen molar-refractivity contribution in [2.75, 3.05) is 0 Å². The first-order chi connectivity index (χ1) is 8.38. The summed E-state index contributed by atoms with van der Waals surface area (Å²) in [6.45, 7) is 8.56. The number of nitrogens with two attached hydrogens (primary N) is 1. The van der Waals surface area contributed by atoms with E-state index in [2.05, 4.69) is 45.0 Å². The number of hydrogen-bond donors (Lipinski definition) is 1. The summed E-state index contributed by atoms with van der Waals surface area (Å²) in [5.41, 5.74) is 8.39. The Morgan fingerprint density at radius 1 is 1.00 bits per heavy atom. The van der Waals surface area contributed by atoms with Crippen LogP contribution in [-0.2, 0) is 5.41 Å². The second-order valence-corrected chi connectivity index (χ2v) is 5.82. The SMILES string of the molecule is CC(N)c1ccc(-c2ccc(C(C)(C)C)cc2)o1. The summed E-state index contributed by atoms with van der Waals surface area (Å²) < 4.78 is 5.73. The minimum atomic E-state index is -0.0624. The van der Waals surface area contributed by atoms with Gasteiger partial charge in [0.1, 0.15) is 11.5 Å². The van der Waals surface area contributed by atoms with Crippen molar-refractivity contribution in [1.82, 2.24) is 0 Å². The Balaban J connectivity index is 2.29. The lowest BCUT2D eigenvalue weighted by Crippen LogP contribution is -2.10. The van der Waals surface area contributed by atoms with E-state index >= 15 is 0 Å². The van der Waals surface area contributed by atoms with Crippen LogP contribution < -0.4 is 5.73 Å². The number of furan rings is 1. The highest BCUT2D eigenvalue weighted by molar-refractivity contribution is 5.58.